The summed E-state index contributed by atoms with van der Waals surface area (Å²) >= 11 is 14.3. The number of methoxy groups -OCH3 is 1. The van der Waals surface area contributed by atoms with Crippen LogP contribution in [0, 0.1) is 0 Å². The van der Waals surface area contributed by atoms with E-state index in [0.29, 0.717) is 65.4 Å². The van der Waals surface area contributed by atoms with Crippen molar-refractivity contribution in [2.75, 3.05) is 13.7 Å². The summed E-state index contributed by atoms with van der Waals surface area (Å²) < 4.78 is 8.85. The van der Waals surface area contributed by atoms with E-state index in [2.05, 4.69) is 21.3 Å². The summed E-state index contributed by atoms with van der Waals surface area (Å²) in [5, 5.41) is 18.8. The van der Waals surface area contributed by atoms with Gasteiger partial charge in [0.25, 0.3) is 5.56 Å². The Morgan fingerprint density at radius 2 is 1.68 bits per heavy atom. The van der Waals surface area contributed by atoms with Crippen LogP contribution in [0.3, 0.4) is 0 Å². The fourth-order valence-corrected chi connectivity index (χ4v) is 8.52. The van der Waals surface area contributed by atoms with E-state index in [1.807, 2.05) is 60.8 Å². The van der Waals surface area contributed by atoms with Gasteiger partial charge in [0.1, 0.15) is 11.3 Å². The van der Waals surface area contributed by atoms with E-state index in [1.54, 1.807) is 23.2 Å². The van der Waals surface area contributed by atoms with Crippen molar-refractivity contribution in [2.45, 2.75) is 69.2 Å². The average molecular weight is 756 g/mol. The molecule has 0 radical (unpaired) electrons. The number of nitrogens with one attached hydrogen (secondary N) is 4. The second-order valence-electron chi connectivity index (χ2n) is 14.3. The van der Waals surface area contributed by atoms with E-state index < -0.39 is 0 Å². The maximum Gasteiger partial charge on any atom is 0.277 e. The summed E-state index contributed by atoms with van der Waals surface area (Å²) in [5.74, 6) is 1.32. The topological polar surface area (TPSA) is 144 Å². The van der Waals surface area contributed by atoms with Gasteiger partial charge in [0.15, 0.2) is 0 Å². The minimum atomic E-state index is -0.161. The molecule has 2 aliphatic heterocycles. The Kier molecular flexibility index (Phi) is 9.48. The first-order valence-corrected chi connectivity index (χ1v) is 18.6. The van der Waals surface area contributed by atoms with E-state index in [4.69, 9.17) is 38.0 Å². The molecule has 5 aromatic rings. The van der Waals surface area contributed by atoms with Crippen LogP contribution in [-0.4, -0.2) is 62.3 Å². The summed E-state index contributed by atoms with van der Waals surface area (Å²) in [6.07, 6.45) is 6.44. The number of pyridine rings is 1. The SMILES string of the molecule is COc1nc(-c2cccc(-c3cccc(-c4cc5c(=O)n(C)c(CN[C@H]6C[C@@]7(CCC(=O)N7)C6)nn5c4)c3Cl)c2Cl)ccc1CNC[C@H]1CCC(=O)N1. The third-order valence-electron chi connectivity index (χ3n) is 10.8. The number of hydrogen-bond donors (Lipinski definition) is 4. The fraction of sp³-hybridized carbons (Fsp3) is 0.359. The van der Waals surface area contributed by atoms with Crippen molar-refractivity contribution in [1.29, 1.82) is 0 Å². The van der Waals surface area contributed by atoms with Crippen molar-refractivity contribution in [3.05, 3.63) is 92.6 Å². The number of amides is 2. The molecule has 0 unspecified atom stereocenters. The van der Waals surface area contributed by atoms with Crippen LogP contribution < -0.4 is 31.6 Å². The van der Waals surface area contributed by atoms with E-state index in [9.17, 15) is 14.4 Å². The van der Waals surface area contributed by atoms with E-state index in [1.165, 1.54) is 0 Å². The molecule has 1 saturated carbocycles. The molecule has 1 aliphatic carbocycles. The van der Waals surface area contributed by atoms with Crippen LogP contribution in [0.25, 0.3) is 39.0 Å². The van der Waals surface area contributed by atoms with Gasteiger partial charge in [-0.2, -0.15) is 5.10 Å². The molecular weight excluding hydrogens is 715 g/mol. The zero-order chi connectivity index (χ0) is 36.9. The molecule has 274 valence electrons. The van der Waals surface area contributed by atoms with Gasteiger partial charge in [-0.15, -0.1) is 0 Å². The highest BCUT2D eigenvalue weighted by atomic mass is 35.5. The summed E-state index contributed by atoms with van der Waals surface area (Å²) in [6.45, 7) is 1.63. The monoisotopic (exact) mass is 754 g/mol. The maximum absolute atomic E-state index is 13.5. The average Bonchev–Trinajstić information content (AvgIpc) is 3.87. The molecule has 14 heteroatoms. The lowest BCUT2D eigenvalue weighted by molar-refractivity contribution is -0.120. The van der Waals surface area contributed by atoms with Gasteiger partial charge in [-0.3, -0.25) is 19.0 Å². The minimum absolute atomic E-state index is 0.0711. The van der Waals surface area contributed by atoms with Gasteiger partial charge in [0.2, 0.25) is 17.7 Å². The predicted molar refractivity (Wildman–Crippen MR) is 204 cm³/mol. The molecule has 3 aromatic heterocycles. The zero-order valence-corrected chi connectivity index (χ0v) is 31.0. The minimum Gasteiger partial charge on any atom is -0.481 e. The second-order valence-corrected chi connectivity index (χ2v) is 15.0. The fourth-order valence-electron chi connectivity index (χ4n) is 7.86. The van der Waals surface area contributed by atoms with E-state index in [-0.39, 0.29) is 35.0 Å². The predicted octanol–water partition coefficient (Wildman–Crippen LogP) is 5.01. The first kappa shape index (κ1) is 35.3. The van der Waals surface area contributed by atoms with Crippen LogP contribution in [-0.2, 0) is 29.7 Å². The van der Waals surface area contributed by atoms with Gasteiger partial charge in [-0.1, -0.05) is 65.7 Å². The van der Waals surface area contributed by atoms with Crippen molar-refractivity contribution in [1.82, 2.24) is 40.4 Å². The Hall–Kier alpha value is -4.75. The van der Waals surface area contributed by atoms with Crippen molar-refractivity contribution >= 4 is 40.5 Å². The summed E-state index contributed by atoms with van der Waals surface area (Å²) in [6, 6.07) is 17.6. The van der Waals surface area contributed by atoms with Crippen LogP contribution in [0.15, 0.2) is 65.6 Å². The molecule has 53 heavy (non-hydrogen) atoms. The van der Waals surface area contributed by atoms with Gasteiger partial charge >= 0.3 is 0 Å². The van der Waals surface area contributed by atoms with E-state index >= 15 is 0 Å². The molecule has 1 atom stereocenters. The van der Waals surface area contributed by atoms with Crippen molar-refractivity contribution in [3.8, 4) is 39.4 Å². The molecule has 1 spiro atoms. The molecule has 0 bridgehead atoms. The molecule has 4 N–H and O–H groups in total. The number of benzene rings is 2. The summed E-state index contributed by atoms with van der Waals surface area (Å²) in [7, 11) is 3.32. The highest BCUT2D eigenvalue weighted by Crippen LogP contribution is 2.43. The highest BCUT2D eigenvalue weighted by Gasteiger charge is 2.48. The Morgan fingerprint density at radius 1 is 0.943 bits per heavy atom. The molecule has 8 rings (SSSR count). The van der Waals surface area contributed by atoms with Crippen molar-refractivity contribution in [3.63, 3.8) is 0 Å². The standard InChI is InChI=1S/C39H40Cl2N8O4/c1-48-32(20-43-25-16-39(17-25)14-13-34(51)46-39)47-49-21-23(15-31(49)38(48)52)26-5-3-6-27(35(26)40)28-7-4-8-29(36(28)41)30-11-9-22(37(45-30)53-2)18-42-19-24-10-12-33(50)44-24/h3-9,11,15,21,24-25,42-43H,10,12-14,16-20H2,1-2H3,(H,44,50)(H,46,51)/t24-,25-,39-/m1/s1. The maximum atomic E-state index is 13.5. The lowest BCUT2D eigenvalue weighted by atomic mass is 9.72. The first-order valence-electron chi connectivity index (χ1n) is 17.9. The number of ether oxygens (including phenoxy) is 1. The lowest BCUT2D eigenvalue weighted by Gasteiger charge is -2.45. The van der Waals surface area contributed by atoms with Gasteiger partial charge in [-0.05, 0) is 37.8 Å². The quantitative estimate of drug-likeness (QED) is 0.147. The molecule has 3 fully saturated rings. The van der Waals surface area contributed by atoms with Gasteiger partial charge in [0.05, 0.1) is 29.4 Å². The Labute approximate surface area is 316 Å². The molecule has 5 heterocycles. The van der Waals surface area contributed by atoms with Crippen molar-refractivity contribution in [2.24, 2.45) is 7.05 Å². The Morgan fingerprint density at radius 3 is 2.38 bits per heavy atom. The first-order chi connectivity index (χ1) is 25.6. The van der Waals surface area contributed by atoms with Gasteiger partial charge < -0.3 is 26.0 Å². The number of hydrogen-bond acceptors (Lipinski definition) is 8. The third kappa shape index (κ3) is 6.80. The smallest absolute Gasteiger partial charge is 0.277 e. The summed E-state index contributed by atoms with van der Waals surface area (Å²) in [4.78, 5) is 41.5. The number of carbonyl (C=O) groups excluding carboxylic acids is 2. The molecule has 2 aromatic carbocycles. The van der Waals surface area contributed by atoms with E-state index in [0.717, 1.165) is 59.1 Å². The normalized spacial score (nSPS) is 20.9. The molecule has 2 amide bonds. The molecule has 3 aliphatic rings. The Balaban J connectivity index is 1.02. The number of nitrogens with zero attached hydrogens (tertiary/aromatic N) is 4. The summed E-state index contributed by atoms with van der Waals surface area (Å²) in [5.41, 5.74) is 5.45. The molecular formula is C39H40Cl2N8O4. The molecule has 12 nitrogen and oxygen atoms in total. The van der Waals surface area contributed by atoms with Crippen LogP contribution in [0.5, 0.6) is 5.88 Å². The number of fused-ring (bicyclic) bond motifs is 1. The largest absolute Gasteiger partial charge is 0.481 e. The number of halogens is 2. The van der Waals surface area contributed by atoms with Crippen LogP contribution in [0.2, 0.25) is 10.0 Å². The zero-order valence-electron chi connectivity index (χ0n) is 29.5. The highest BCUT2D eigenvalue weighted by molar-refractivity contribution is 6.39. The van der Waals surface area contributed by atoms with Gasteiger partial charge in [-0.25, -0.2) is 9.50 Å². The second kappa shape index (κ2) is 14.2. The van der Waals surface area contributed by atoms with Gasteiger partial charge in [0, 0.05) is 90.2 Å². The van der Waals surface area contributed by atoms with Crippen molar-refractivity contribution < 1.29 is 14.3 Å². The van der Waals surface area contributed by atoms with Crippen LogP contribution >= 0.6 is 23.2 Å². The number of aromatic nitrogens is 4. The molecule has 2 saturated heterocycles. The van der Waals surface area contributed by atoms with Crippen LogP contribution in [0.4, 0.5) is 0 Å². The third-order valence-corrected chi connectivity index (χ3v) is 11.6. The Bertz CT molecular complexity index is 2320. The number of carbonyl (C=O) groups is 2. The van der Waals surface area contributed by atoms with Crippen LogP contribution in [0.1, 0.15) is 49.9 Å². The number of rotatable bonds is 11. The lowest BCUT2D eigenvalue weighted by Crippen LogP contribution is -2.59.